The van der Waals surface area contributed by atoms with E-state index in [2.05, 4.69) is 16.0 Å². The first-order chi connectivity index (χ1) is 18.8. The molecule has 1 fully saturated rings. The third-order valence-electron chi connectivity index (χ3n) is 6.45. The molecule has 3 aromatic rings. The molecule has 3 aromatic carbocycles. The van der Waals surface area contributed by atoms with Crippen LogP contribution in [0.1, 0.15) is 18.4 Å². The van der Waals surface area contributed by atoms with Crippen molar-refractivity contribution in [2.75, 3.05) is 13.1 Å². The second kappa shape index (κ2) is 12.5. The van der Waals surface area contributed by atoms with Crippen molar-refractivity contribution in [1.29, 1.82) is 0 Å². The number of carboxylic acid groups (broad SMARTS) is 1. The lowest BCUT2D eigenvalue weighted by Crippen LogP contribution is -2.54. The smallest absolute Gasteiger partial charge is 0.328 e. The van der Waals surface area contributed by atoms with Crippen molar-refractivity contribution >= 4 is 27.9 Å². The average molecular weight is 551 g/mol. The van der Waals surface area contributed by atoms with Gasteiger partial charge in [0.1, 0.15) is 12.1 Å². The molecule has 4 rings (SSSR count). The number of carbonyl (C=O) groups is 3. The van der Waals surface area contributed by atoms with Crippen LogP contribution in [-0.2, 0) is 26.2 Å². The summed E-state index contributed by atoms with van der Waals surface area (Å²) in [7, 11) is -4.00. The SMILES string of the molecule is O=C(NCc1ccccc1)NCC(NC(=O)C1CCCN1S(=O)(=O)c1ccc(-c2ccccc2)cc1)C(=O)O. The number of urea groups is 1. The Morgan fingerprint density at radius 3 is 2.13 bits per heavy atom. The highest BCUT2D eigenvalue weighted by Gasteiger charge is 2.40. The van der Waals surface area contributed by atoms with Crippen molar-refractivity contribution in [3.63, 3.8) is 0 Å². The van der Waals surface area contributed by atoms with Crippen LogP contribution in [0.3, 0.4) is 0 Å². The van der Waals surface area contributed by atoms with Gasteiger partial charge in [-0.1, -0.05) is 72.8 Å². The van der Waals surface area contributed by atoms with E-state index in [0.29, 0.717) is 6.42 Å². The van der Waals surface area contributed by atoms with Crippen LogP contribution in [0.2, 0.25) is 0 Å². The summed E-state index contributed by atoms with van der Waals surface area (Å²) >= 11 is 0. The zero-order valence-electron chi connectivity index (χ0n) is 21.1. The molecule has 1 heterocycles. The largest absolute Gasteiger partial charge is 0.480 e. The number of nitrogens with one attached hydrogen (secondary N) is 3. The lowest BCUT2D eigenvalue weighted by atomic mass is 10.1. The summed E-state index contributed by atoms with van der Waals surface area (Å²) in [5.41, 5.74) is 2.67. The second-order valence-electron chi connectivity index (χ2n) is 9.11. The number of hydrogen-bond donors (Lipinski definition) is 4. The zero-order chi connectivity index (χ0) is 27.8. The van der Waals surface area contributed by atoms with E-state index in [9.17, 15) is 27.9 Å². The number of benzene rings is 3. The Labute approximate surface area is 227 Å². The predicted octanol–water partition coefficient (Wildman–Crippen LogP) is 2.58. The minimum Gasteiger partial charge on any atom is -0.480 e. The van der Waals surface area contributed by atoms with Gasteiger partial charge in [-0.15, -0.1) is 0 Å². The number of sulfonamides is 1. The minimum atomic E-state index is -4.00. The molecule has 10 nitrogen and oxygen atoms in total. The van der Waals surface area contributed by atoms with E-state index >= 15 is 0 Å². The van der Waals surface area contributed by atoms with Crippen molar-refractivity contribution in [2.24, 2.45) is 0 Å². The summed E-state index contributed by atoms with van der Waals surface area (Å²) in [6, 6.07) is 22.0. The third kappa shape index (κ3) is 7.01. The number of aliphatic carboxylic acids is 1. The summed E-state index contributed by atoms with van der Waals surface area (Å²) in [6.07, 6.45) is 0.710. The molecule has 0 saturated carbocycles. The summed E-state index contributed by atoms with van der Waals surface area (Å²) in [5.74, 6) is -2.08. The summed E-state index contributed by atoms with van der Waals surface area (Å²) < 4.78 is 27.9. The number of amides is 3. The average Bonchev–Trinajstić information content (AvgIpc) is 3.46. The van der Waals surface area contributed by atoms with Crippen LogP contribution in [0.25, 0.3) is 11.1 Å². The number of rotatable bonds is 10. The van der Waals surface area contributed by atoms with Crippen LogP contribution in [-0.4, -0.2) is 60.9 Å². The Morgan fingerprint density at radius 1 is 0.872 bits per heavy atom. The van der Waals surface area contributed by atoms with Crippen molar-refractivity contribution in [3.8, 4) is 11.1 Å². The molecule has 1 aliphatic heterocycles. The quantitative estimate of drug-likeness (QED) is 0.305. The molecule has 3 amide bonds. The van der Waals surface area contributed by atoms with Gasteiger partial charge in [0, 0.05) is 13.1 Å². The molecule has 1 aliphatic rings. The van der Waals surface area contributed by atoms with Crippen LogP contribution in [0, 0.1) is 0 Å². The van der Waals surface area contributed by atoms with Crippen molar-refractivity contribution in [2.45, 2.75) is 36.4 Å². The Morgan fingerprint density at radius 2 is 1.49 bits per heavy atom. The topological polar surface area (TPSA) is 145 Å². The first-order valence-electron chi connectivity index (χ1n) is 12.5. The van der Waals surface area contributed by atoms with Gasteiger partial charge in [0.15, 0.2) is 0 Å². The number of nitrogens with zero attached hydrogens (tertiary/aromatic N) is 1. The standard InChI is InChI=1S/C28H30N4O6S/c33-26(31-24(27(34)35)19-30-28(36)29-18-20-8-3-1-4-9-20)25-12-7-17-32(25)39(37,38)23-15-13-22(14-16-23)21-10-5-2-6-11-21/h1-6,8-11,13-16,24-25H,7,12,17-19H2,(H,31,33)(H,34,35)(H2,29,30,36). The third-order valence-corrected chi connectivity index (χ3v) is 8.37. The van der Waals surface area contributed by atoms with Gasteiger partial charge in [0.25, 0.3) is 0 Å². The van der Waals surface area contributed by atoms with Crippen molar-refractivity contribution in [3.05, 3.63) is 90.5 Å². The minimum absolute atomic E-state index is 0.0495. The molecule has 204 valence electrons. The van der Waals surface area contributed by atoms with Crippen LogP contribution in [0.4, 0.5) is 4.79 Å². The van der Waals surface area contributed by atoms with Gasteiger partial charge < -0.3 is 21.1 Å². The van der Waals surface area contributed by atoms with E-state index in [4.69, 9.17) is 0 Å². The molecule has 0 aromatic heterocycles. The maximum Gasteiger partial charge on any atom is 0.328 e. The van der Waals surface area contributed by atoms with Crippen LogP contribution >= 0.6 is 0 Å². The van der Waals surface area contributed by atoms with E-state index in [1.165, 1.54) is 12.1 Å². The fourth-order valence-electron chi connectivity index (χ4n) is 4.38. The van der Waals surface area contributed by atoms with E-state index < -0.39 is 40.0 Å². The van der Waals surface area contributed by atoms with Crippen LogP contribution in [0.5, 0.6) is 0 Å². The van der Waals surface area contributed by atoms with E-state index in [1.54, 1.807) is 12.1 Å². The van der Waals surface area contributed by atoms with E-state index in [-0.39, 0.29) is 31.0 Å². The fourth-order valence-corrected chi connectivity index (χ4v) is 6.04. The molecule has 0 bridgehead atoms. The van der Waals surface area contributed by atoms with Gasteiger partial charge in [-0.25, -0.2) is 18.0 Å². The number of carboxylic acids is 1. The zero-order valence-corrected chi connectivity index (χ0v) is 21.9. The highest BCUT2D eigenvalue weighted by molar-refractivity contribution is 7.89. The summed E-state index contributed by atoms with van der Waals surface area (Å²) in [5, 5.41) is 17.0. The number of hydrogen-bond acceptors (Lipinski definition) is 5. The fraction of sp³-hybridized carbons (Fsp3) is 0.250. The maximum absolute atomic E-state index is 13.4. The highest BCUT2D eigenvalue weighted by Crippen LogP contribution is 2.28. The first kappa shape index (κ1) is 27.8. The predicted molar refractivity (Wildman–Crippen MR) is 145 cm³/mol. The Hall–Kier alpha value is -4.22. The van der Waals surface area contributed by atoms with Gasteiger partial charge in [-0.2, -0.15) is 4.31 Å². The van der Waals surface area contributed by atoms with Crippen LogP contribution in [0.15, 0.2) is 89.8 Å². The van der Waals surface area contributed by atoms with E-state index in [1.807, 2.05) is 60.7 Å². The molecule has 1 saturated heterocycles. The highest BCUT2D eigenvalue weighted by atomic mass is 32.2. The summed E-state index contributed by atoms with van der Waals surface area (Å²) in [4.78, 5) is 37.0. The molecular formula is C28H30N4O6S. The van der Waals surface area contributed by atoms with Crippen molar-refractivity contribution < 1.29 is 27.9 Å². The molecular weight excluding hydrogens is 520 g/mol. The molecule has 2 atom stereocenters. The molecule has 0 aliphatic carbocycles. The molecule has 2 unspecified atom stereocenters. The van der Waals surface area contributed by atoms with Gasteiger partial charge in [0.2, 0.25) is 15.9 Å². The Bertz CT molecular complexity index is 1400. The molecule has 11 heteroatoms. The van der Waals surface area contributed by atoms with Gasteiger partial charge in [-0.05, 0) is 41.7 Å². The molecule has 39 heavy (non-hydrogen) atoms. The maximum atomic E-state index is 13.4. The Balaban J connectivity index is 1.37. The van der Waals surface area contributed by atoms with Crippen LogP contribution < -0.4 is 16.0 Å². The molecule has 0 radical (unpaired) electrons. The van der Waals surface area contributed by atoms with Gasteiger partial charge >= 0.3 is 12.0 Å². The van der Waals surface area contributed by atoms with E-state index in [0.717, 1.165) is 21.0 Å². The van der Waals surface area contributed by atoms with Gasteiger partial charge in [-0.3, -0.25) is 4.79 Å². The molecule has 4 N–H and O–H groups in total. The number of carbonyl (C=O) groups excluding carboxylic acids is 2. The second-order valence-corrected chi connectivity index (χ2v) is 11.0. The summed E-state index contributed by atoms with van der Waals surface area (Å²) in [6.45, 7) is 0.0127. The monoisotopic (exact) mass is 550 g/mol. The first-order valence-corrected chi connectivity index (χ1v) is 14.0. The molecule has 0 spiro atoms. The van der Waals surface area contributed by atoms with Crippen molar-refractivity contribution in [1.82, 2.24) is 20.3 Å². The Kier molecular flexibility index (Phi) is 8.95. The lowest BCUT2D eigenvalue weighted by Gasteiger charge is -2.25. The normalized spacial score (nSPS) is 16.3. The lowest BCUT2D eigenvalue weighted by molar-refractivity contribution is -0.142. The van der Waals surface area contributed by atoms with Gasteiger partial charge in [0.05, 0.1) is 11.4 Å².